The van der Waals surface area contributed by atoms with E-state index in [9.17, 15) is 14.0 Å². The number of rotatable bonds is 9. The lowest BCUT2D eigenvalue weighted by Crippen LogP contribution is -2.24. The molecule has 9 heteroatoms. The molecule has 0 spiro atoms. The van der Waals surface area contributed by atoms with E-state index in [0.29, 0.717) is 17.1 Å². The van der Waals surface area contributed by atoms with E-state index in [1.54, 1.807) is 24.3 Å². The first kappa shape index (κ1) is 19.7. The topological polar surface area (TPSA) is 112 Å². The number of benzene rings is 2. The van der Waals surface area contributed by atoms with Crippen molar-refractivity contribution in [1.29, 1.82) is 0 Å². The molecular weight excluding hydrogens is 357 g/mol. The maximum absolute atomic E-state index is 13.4. The van der Waals surface area contributed by atoms with Gasteiger partial charge in [0.15, 0.2) is 36.3 Å². The zero-order valence-corrected chi connectivity index (χ0v) is 14.5. The molecule has 0 heterocycles. The van der Waals surface area contributed by atoms with Gasteiger partial charge in [0.2, 0.25) is 0 Å². The third-order valence-corrected chi connectivity index (χ3v) is 3.16. The number of nitrogens with zero attached hydrogens (tertiary/aromatic N) is 1. The molecule has 2 aromatic carbocycles. The number of primary amides is 1. The first-order valence-corrected chi connectivity index (χ1v) is 7.78. The van der Waals surface area contributed by atoms with Gasteiger partial charge in [0.05, 0.1) is 13.3 Å². The fourth-order valence-corrected chi connectivity index (χ4v) is 1.95. The minimum atomic E-state index is -0.608. The van der Waals surface area contributed by atoms with E-state index < -0.39 is 17.6 Å². The van der Waals surface area contributed by atoms with Crippen LogP contribution >= 0.6 is 0 Å². The quantitative estimate of drug-likeness (QED) is 0.506. The summed E-state index contributed by atoms with van der Waals surface area (Å²) in [5, 5.41) is 3.79. The average Bonchev–Trinajstić information content (AvgIpc) is 2.66. The molecule has 142 valence electrons. The van der Waals surface area contributed by atoms with Gasteiger partial charge in [-0.05, 0) is 35.9 Å². The van der Waals surface area contributed by atoms with Gasteiger partial charge in [-0.15, -0.1) is 0 Å². The van der Waals surface area contributed by atoms with Crippen molar-refractivity contribution in [3.8, 4) is 17.2 Å². The van der Waals surface area contributed by atoms with Crippen molar-refractivity contribution in [2.45, 2.75) is 0 Å². The smallest absolute Gasteiger partial charge is 0.277 e. The second-order valence-corrected chi connectivity index (χ2v) is 5.18. The molecule has 0 atom stereocenters. The van der Waals surface area contributed by atoms with E-state index in [1.165, 1.54) is 31.5 Å². The lowest BCUT2D eigenvalue weighted by molar-refractivity contribution is -0.123. The summed E-state index contributed by atoms with van der Waals surface area (Å²) in [6.07, 6.45) is 1.38. The summed E-state index contributed by atoms with van der Waals surface area (Å²) in [6.45, 7) is -0.663. The van der Waals surface area contributed by atoms with Crippen LogP contribution in [0.5, 0.6) is 17.2 Å². The van der Waals surface area contributed by atoms with Crippen molar-refractivity contribution in [2.24, 2.45) is 10.8 Å². The number of ether oxygens (including phenoxy) is 3. The number of nitrogens with two attached hydrogens (primary N) is 1. The van der Waals surface area contributed by atoms with Crippen LogP contribution < -0.4 is 25.4 Å². The fourth-order valence-electron chi connectivity index (χ4n) is 1.95. The minimum Gasteiger partial charge on any atom is -0.493 e. The van der Waals surface area contributed by atoms with Crippen molar-refractivity contribution < 1.29 is 28.2 Å². The summed E-state index contributed by atoms with van der Waals surface area (Å²) < 4.78 is 28.8. The Morgan fingerprint density at radius 3 is 2.56 bits per heavy atom. The molecular formula is C18H18FN3O5. The van der Waals surface area contributed by atoms with E-state index in [-0.39, 0.29) is 19.0 Å². The molecule has 0 radical (unpaired) electrons. The molecule has 0 saturated heterocycles. The molecule has 2 rings (SSSR count). The van der Waals surface area contributed by atoms with Gasteiger partial charge < -0.3 is 19.9 Å². The zero-order valence-electron chi connectivity index (χ0n) is 14.5. The first-order valence-electron chi connectivity index (χ1n) is 7.78. The minimum absolute atomic E-state index is 0.0204. The molecule has 2 aromatic rings. The number of hydrogen-bond acceptors (Lipinski definition) is 6. The maximum Gasteiger partial charge on any atom is 0.277 e. The van der Waals surface area contributed by atoms with Crippen LogP contribution in [0.3, 0.4) is 0 Å². The Bertz CT molecular complexity index is 841. The van der Waals surface area contributed by atoms with Gasteiger partial charge in [-0.25, -0.2) is 9.82 Å². The van der Waals surface area contributed by atoms with E-state index in [0.717, 1.165) is 0 Å². The van der Waals surface area contributed by atoms with Gasteiger partial charge in [0.25, 0.3) is 11.8 Å². The van der Waals surface area contributed by atoms with Gasteiger partial charge in [0, 0.05) is 0 Å². The third kappa shape index (κ3) is 6.31. The average molecular weight is 375 g/mol. The molecule has 8 nitrogen and oxygen atoms in total. The van der Waals surface area contributed by atoms with Crippen molar-refractivity contribution in [2.75, 3.05) is 20.3 Å². The summed E-state index contributed by atoms with van der Waals surface area (Å²) in [5.74, 6) is -1.02. The predicted octanol–water partition coefficient (Wildman–Crippen LogP) is 1.23. The third-order valence-electron chi connectivity index (χ3n) is 3.16. The lowest BCUT2D eigenvalue weighted by atomic mass is 10.2. The maximum atomic E-state index is 13.4. The molecule has 0 bridgehead atoms. The second kappa shape index (κ2) is 9.76. The molecule has 3 N–H and O–H groups in total. The van der Waals surface area contributed by atoms with Gasteiger partial charge in [-0.2, -0.15) is 5.10 Å². The lowest BCUT2D eigenvalue weighted by Gasteiger charge is -2.09. The number of nitrogens with one attached hydrogen (secondary N) is 1. The Labute approximate surface area is 154 Å². The Morgan fingerprint density at radius 2 is 1.85 bits per heavy atom. The van der Waals surface area contributed by atoms with Crippen LogP contribution in [0.25, 0.3) is 0 Å². The highest BCUT2D eigenvalue weighted by atomic mass is 19.1. The standard InChI is InChI=1S/C18H18FN3O5/c1-25-16-8-12(6-7-15(16)26-10-17(20)23)9-21-22-18(24)11-27-14-5-3-2-4-13(14)19/h2-9H,10-11H2,1H3,(H2,20,23)(H,22,24)/b21-9+. The molecule has 2 amide bonds. The first-order chi connectivity index (χ1) is 13.0. The number of hydrogen-bond donors (Lipinski definition) is 2. The Balaban J connectivity index is 1.88. The van der Waals surface area contributed by atoms with Gasteiger partial charge >= 0.3 is 0 Å². The Hall–Kier alpha value is -3.62. The highest BCUT2D eigenvalue weighted by Gasteiger charge is 2.07. The number of para-hydroxylation sites is 1. The van der Waals surface area contributed by atoms with Crippen molar-refractivity contribution in [3.05, 3.63) is 53.8 Å². The fraction of sp³-hybridized carbons (Fsp3) is 0.167. The van der Waals surface area contributed by atoms with Crippen LogP contribution in [0.15, 0.2) is 47.6 Å². The number of amides is 2. The zero-order chi connectivity index (χ0) is 19.6. The molecule has 0 aromatic heterocycles. The van der Waals surface area contributed by atoms with Crippen LogP contribution in [0.4, 0.5) is 4.39 Å². The summed E-state index contributed by atoms with van der Waals surface area (Å²) in [7, 11) is 1.44. The number of hydrazone groups is 1. The summed E-state index contributed by atoms with van der Waals surface area (Å²) in [6, 6.07) is 10.6. The Kier molecular flexibility index (Phi) is 7.12. The molecule has 0 aliphatic carbocycles. The number of methoxy groups -OCH3 is 1. The van der Waals surface area contributed by atoms with Crippen LogP contribution in [-0.2, 0) is 9.59 Å². The van der Waals surface area contributed by atoms with E-state index >= 15 is 0 Å². The summed E-state index contributed by atoms with van der Waals surface area (Å²) in [5.41, 5.74) is 7.90. The molecule has 27 heavy (non-hydrogen) atoms. The van der Waals surface area contributed by atoms with Crippen molar-refractivity contribution in [3.63, 3.8) is 0 Å². The van der Waals surface area contributed by atoms with Crippen LogP contribution in [0.1, 0.15) is 5.56 Å². The van der Waals surface area contributed by atoms with Crippen LogP contribution in [-0.4, -0.2) is 38.4 Å². The number of carbonyl (C=O) groups is 2. The van der Waals surface area contributed by atoms with Crippen molar-refractivity contribution >= 4 is 18.0 Å². The molecule has 0 fully saturated rings. The van der Waals surface area contributed by atoms with Crippen LogP contribution in [0.2, 0.25) is 0 Å². The van der Waals surface area contributed by atoms with E-state index in [1.807, 2.05) is 0 Å². The Morgan fingerprint density at radius 1 is 1.11 bits per heavy atom. The molecule has 0 aliphatic heterocycles. The van der Waals surface area contributed by atoms with Gasteiger partial charge in [-0.1, -0.05) is 12.1 Å². The molecule has 0 aliphatic rings. The van der Waals surface area contributed by atoms with E-state index in [4.69, 9.17) is 19.9 Å². The number of halogens is 1. The molecule has 0 unspecified atom stereocenters. The van der Waals surface area contributed by atoms with Gasteiger partial charge in [-0.3, -0.25) is 9.59 Å². The highest BCUT2D eigenvalue weighted by Crippen LogP contribution is 2.27. The van der Waals surface area contributed by atoms with Gasteiger partial charge in [0.1, 0.15) is 0 Å². The summed E-state index contributed by atoms with van der Waals surface area (Å²) in [4.78, 5) is 22.5. The largest absolute Gasteiger partial charge is 0.493 e. The number of carbonyl (C=O) groups excluding carboxylic acids is 2. The SMILES string of the molecule is COc1cc(/C=N/NC(=O)COc2ccccc2F)ccc1OCC(N)=O. The summed E-state index contributed by atoms with van der Waals surface area (Å²) >= 11 is 0. The van der Waals surface area contributed by atoms with Crippen molar-refractivity contribution in [1.82, 2.24) is 5.43 Å². The second-order valence-electron chi connectivity index (χ2n) is 5.18. The normalized spacial score (nSPS) is 10.4. The van der Waals surface area contributed by atoms with Crippen LogP contribution in [0, 0.1) is 5.82 Å². The monoisotopic (exact) mass is 375 g/mol. The van der Waals surface area contributed by atoms with E-state index in [2.05, 4.69) is 10.5 Å². The highest BCUT2D eigenvalue weighted by molar-refractivity contribution is 5.83. The predicted molar refractivity (Wildman–Crippen MR) is 95.3 cm³/mol. The molecule has 0 saturated carbocycles.